The molecule has 1 atom stereocenters. The first-order chi connectivity index (χ1) is 8.38. The highest BCUT2D eigenvalue weighted by atomic mass is 16.5. The van der Waals surface area contributed by atoms with Gasteiger partial charge >= 0.3 is 0 Å². The van der Waals surface area contributed by atoms with Gasteiger partial charge in [0.15, 0.2) is 0 Å². The van der Waals surface area contributed by atoms with E-state index in [2.05, 4.69) is 21.8 Å². The van der Waals surface area contributed by atoms with Crippen molar-refractivity contribution in [2.45, 2.75) is 50.8 Å². The third-order valence-corrected chi connectivity index (χ3v) is 3.98. The number of rotatable bonds is 4. The Kier molecular flexibility index (Phi) is 3.16. The summed E-state index contributed by atoms with van der Waals surface area (Å²) in [6.45, 7) is 4.04. The molecule has 1 aromatic heterocycles. The fraction of sp³-hybridized carbons (Fsp3) is 0.769. The van der Waals surface area contributed by atoms with E-state index in [9.17, 15) is 0 Å². The average Bonchev–Trinajstić information content (AvgIpc) is 2.92. The smallest absolute Gasteiger partial charge is 0.0951 e. The second-order valence-corrected chi connectivity index (χ2v) is 5.08. The van der Waals surface area contributed by atoms with E-state index < -0.39 is 0 Å². The summed E-state index contributed by atoms with van der Waals surface area (Å²) in [5, 5.41) is 3.55. The Bertz CT molecular complexity index is 364. The zero-order valence-electron chi connectivity index (χ0n) is 10.4. The van der Waals surface area contributed by atoms with E-state index >= 15 is 0 Å². The van der Waals surface area contributed by atoms with Crippen LogP contribution in [0.5, 0.6) is 0 Å². The summed E-state index contributed by atoms with van der Waals surface area (Å²) in [5.41, 5.74) is 1.36. The molecule has 0 radical (unpaired) electrons. The molecule has 0 bridgehead atoms. The standard InChI is InChI=1S/C13H21N3O/c1-2-17-11-6-10(7-11)16-9-14-8-13(16)12-4-3-5-15-12/h8-12,15H,2-7H2,1H3/t10?,11?,12-/m0/s1. The lowest BCUT2D eigenvalue weighted by molar-refractivity contribution is -0.0205. The summed E-state index contributed by atoms with van der Waals surface area (Å²) in [5.74, 6) is 0. The Morgan fingerprint density at radius 3 is 3.12 bits per heavy atom. The fourth-order valence-corrected chi connectivity index (χ4v) is 2.96. The predicted octanol–water partition coefficient (Wildman–Crippen LogP) is 2.05. The first kappa shape index (κ1) is 11.2. The van der Waals surface area contributed by atoms with Gasteiger partial charge in [-0.3, -0.25) is 0 Å². The molecule has 4 nitrogen and oxygen atoms in total. The normalized spacial score (nSPS) is 32.6. The molecule has 4 heteroatoms. The predicted molar refractivity (Wildman–Crippen MR) is 65.9 cm³/mol. The molecule has 0 amide bonds. The highest BCUT2D eigenvalue weighted by molar-refractivity contribution is 5.10. The minimum Gasteiger partial charge on any atom is -0.378 e. The van der Waals surface area contributed by atoms with Gasteiger partial charge in [-0.2, -0.15) is 0 Å². The van der Waals surface area contributed by atoms with Crippen molar-refractivity contribution in [3.63, 3.8) is 0 Å². The van der Waals surface area contributed by atoms with Crippen LogP contribution in [-0.2, 0) is 4.74 Å². The van der Waals surface area contributed by atoms with Gasteiger partial charge in [0.1, 0.15) is 0 Å². The number of imidazole rings is 1. The second-order valence-electron chi connectivity index (χ2n) is 5.08. The van der Waals surface area contributed by atoms with E-state index in [4.69, 9.17) is 4.74 Å². The summed E-state index contributed by atoms with van der Waals surface area (Å²) < 4.78 is 7.98. The van der Waals surface area contributed by atoms with Crippen LogP contribution in [0.15, 0.2) is 12.5 Å². The second kappa shape index (κ2) is 4.78. The van der Waals surface area contributed by atoms with Crippen LogP contribution in [0.25, 0.3) is 0 Å². The van der Waals surface area contributed by atoms with Crippen LogP contribution in [0.2, 0.25) is 0 Å². The molecule has 0 spiro atoms. The van der Waals surface area contributed by atoms with Gasteiger partial charge in [0, 0.05) is 24.9 Å². The zero-order chi connectivity index (χ0) is 11.7. The van der Waals surface area contributed by atoms with Crippen molar-refractivity contribution in [3.05, 3.63) is 18.2 Å². The zero-order valence-corrected chi connectivity index (χ0v) is 10.4. The molecule has 1 aliphatic heterocycles. The average molecular weight is 235 g/mol. The van der Waals surface area contributed by atoms with E-state index in [0.29, 0.717) is 18.2 Å². The number of ether oxygens (including phenoxy) is 1. The number of hydrogen-bond donors (Lipinski definition) is 1. The summed E-state index contributed by atoms with van der Waals surface area (Å²) in [6, 6.07) is 1.12. The molecule has 3 rings (SSSR count). The van der Waals surface area contributed by atoms with Crippen LogP contribution in [0.1, 0.15) is 50.4 Å². The summed E-state index contributed by atoms with van der Waals surface area (Å²) in [4.78, 5) is 4.32. The number of aromatic nitrogens is 2. The van der Waals surface area contributed by atoms with Crippen molar-refractivity contribution in [3.8, 4) is 0 Å². The van der Waals surface area contributed by atoms with Gasteiger partial charge < -0.3 is 14.6 Å². The lowest BCUT2D eigenvalue weighted by Crippen LogP contribution is -2.34. The number of nitrogens with zero attached hydrogens (tertiary/aromatic N) is 2. The van der Waals surface area contributed by atoms with E-state index in [1.807, 2.05) is 12.5 Å². The number of nitrogens with one attached hydrogen (secondary N) is 1. The highest BCUT2D eigenvalue weighted by Crippen LogP contribution is 2.37. The van der Waals surface area contributed by atoms with Crippen LogP contribution >= 0.6 is 0 Å². The Labute approximate surface area is 102 Å². The van der Waals surface area contributed by atoms with Crippen molar-refractivity contribution in [2.75, 3.05) is 13.2 Å². The van der Waals surface area contributed by atoms with E-state index in [1.54, 1.807) is 0 Å². The topological polar surface area (TPSA) is 39.1 Å². The maximum Gasteiger partial charge on any atom is 0.0951 e. The van der Waals surface area contributed by atoms with Crippen molar-refractivity contribution in [2.24, 2.45) is 0 Å². The van der Waals surface area contributed by atoms with Crippen molar-refractivity contribution in [1.82, 2.24) is 14.9 Å². The molecule has 2 heterocycles. The van der Waals surface area contributed by atoms with Crippen molar-refractivity contribution < 1.29 is 4.74 Å². The third kappa shape index (κ3) is 2.11. The monoisotopic (exact) mass is 235 g/mol. The van der Waals surface area contributed by atoms with Crippen molar-refractivity contribution in [1.29, 1.82) is 0 Å². The van der Waals surface area contributed by atoms with Gasteiger partial charge in [0.25, 0.3) is 0 Å². The lowest BCUT2D eigenvalue weighted by atomic mass is 9.88. The van der Waals surface area contributed by atoms with E-state index in [0.717, 1.165) is 26.0 Å². The first-order valence-electron chi connectivity index (χ1n) is 6.75. The molecule has 94 valence electrons. The first-order valence-corrected chi connectivity index (χ1v) is 6.75. The van der Waals surface area contributed by atoms with Gasteiger partial charge in [-0.1, -0.05) is 0 Å². The molecule has 17 heavy (non-hydrogen) atoms. The van der Waals surface area contributed by atoms with Crippen LogP contribution in [0, 0.1) is 0 Å². The molecular formula is C13H21N3O. The molecule has 2 aliphatic rings. The molecule has 0 aromatic carbocycles. The molecule has 1 N–H and O–H groups in total. The summed E-state index contributed by atoms with van der Waals surface area (Å²) in [7, 11) is 0. The molecule has 0 unspecified atom stereocenters. The van der Waals surface area contributed by atoms with Gasteiger partial charge in [-0.15, -0.1) is 0 Å². The van der Waals surface area contributed by atoms with Crippen LogP contribution in [-0.4, -0.2) is 28.8 Å². The molecule has 1 aromatic rings. The minimum atomic E-state index is 0.469. The molecule has 2 fully saturated rings. The fourth-order valence-electron chi connectivity index (χ4n) is 2.96. The Morgan fingerprint density at radius 1 is 1.53 bits per heavy atom. The van der Waals surface area contributed by atoms with Gasteiger partial charge in [0.05, 0.1) is 18.1 Å². The third-order valence-electron chi connectivity index (χ3n) is 3.98. The lowest BCUT2D eigenvalue weighted by Gasteiger charge is -2.37. The molecule has 1 saturated heterocycles. The summed E-state index contributed by atoms with van der Waals surface area (Å²) >= 11 is 0. The van der Waals surface area contributed by atoms with E-state index in [1.165, 1.54) is 18.5 Å². The molecule has 1 saturated carbocycles. The van der Waals surface area contributed by atoms with Crippen LogP contribution < -0.4 is 5.32 Å². The van der Waals surface area contributed by atoms with Crippen molar-refractivity contribution >= 4 is 0 Å². The van der Waals surface area contributed by atoms with Crippen LogP contribution in [0.3, 0.4) is 0 Å². The SMILES string of the molecule is CCOC1CC(n2cncc2[C@@H]2CCCN2)C1. The van der Waals surface area contributed by atoms with Gasteiger partial charge in [0.2, 0.25) is 0 Å². The Hall–Kier alpha value is -0.870. The summed E-state index contributed by atoms with van der Waals surface area (Å²) in [6.07, 6.45) is 9.29. The van der Waals surface area contributed by atoms with Gasteiger partial charge in [-0.25, -0.2) is 4.98 Å². The Morgan fingerprint density at radius 2 is 2.41 bits per heavy atom. The Balaban J connectivity index is 1.66. The quantitative estimate of drug-likeness (QED) is 0.868. The maximum atomic E-state index is 5.62. The molecular weight excluding hydrogens is 214 g/mol. The number of hydrogen-bond acceptors (Lipinski definition) is 3. The maximum absolute atomic E-state index is 5.62. The van der Waals surface area contributed by atoms with E-state index in [-0.39, 0.29) is 0 Å². The molecule has 1 aliphatic carbocycles. The largest absolute Gasteiger partial charge is 0.378 e. The van der Waals surface area contributed by atoms with Crippen LogP contribution in [0.4, 0.5) is 0 Å². The highest BCUT2D eigenvalue weighted by Gasteiger charge is 2.33. The minimum absolute atomic E-state index is 0.469. The van der Waals surface area contributed by atoms with Gasteiger partial charge in [-0.05, 0) is 39.2 Å².